The predicted molar refractivity (Wildman–Crippen MR) is 119 cm³/mol. The van der Waals surface area contributed by atoms with Crippen LogP contribution in [0.2, 0.25) is 0 Å². The summed E-state index contributed by atoms with van der Waals surface area (Å²) in [7, 11) is 0. The molecule has 0 aliphatic carbocycles. The number of amides is 2. The van der Waals surface area contributed by atoms with Crippen molar-refractivity contribution < 1.29 is 4.79 Å². The Kier molecular flexibility index (Phi) is 5.10. The molecular formula is C20H18IN5O. The average Bonchev–Trinajstić information content (AvgIpc) is 3.11. The molecule has 0 saturated heterocycles. The van der Waals surface area contributed by atoms with Crippen molar-refractivity contribution in [1.29, 1.82) is 0 Å². The second kappa shape index (κ2) is 7.83. The first-order valence-electron chi connectivity index (χ1n) is 8.57. The number of hydrogen-bond acceptors (Lipinski definition) is 3. The van der Waals surface area contributed by atoms with Gasteiger partial charge in [-0.05, 0) is 50.4 Å². The van der Waals surface area contributed by atoms with E-state index < -0.39 is 0 Å². The van der Waals surface area contributed by atoms with E-state index in [1.807, 2.05) is 25.1 Å². The van der Waals surface area contributed by atoms with E-state index in [-0.39, 0.29) is 26.8 Å². The summed E-state index contributed by atoms with van der Waals surface area (Å²) < 4.78 is 4.53. The van der Waals surface area contributed by atoms with Crippen LogP contribution in [-0.4, -0.2) is 31.5 Å². The number of rotatable bonds is 4. The van der Waals surface area contributed by atoms with Gasteiger partial charge in [0.1, 0.15) is 0 Å². The Morgan fingerprint density at radius 3 is 2.96 bits per heavy atom. The number of urea groups is 1. The molecule has 0 atom stereocenters. The quantitative estimate of drug-likeness (QED) is 0.492. The molecule has 0 bridgehead atoms. The molecule has 3 aromatic rings. The number of aromatic nitrogens is 3. The van der Waals surface area contributed by atoms with Gasteiger partial charge < -0.3 is 10.3 Å². The van der Waals surface area contributed by atoms with E-state index in [2.05, 4.69) is 58.0 Å². The van der Waals surface area contributed by atoms with Crippen molar-refractivity contribution in [3.8, 4) is 11.3 Å². The predicted octanol–water partition coefficient (Wildman–Crippen LogP) is 4.45. The van der Waals surface area contributed by atoms with E-state index in [4.69, 9.17) is 0 Å². The highest BCUT2D eigenvalue weighted by Gasteiger charge is 2.14. The van der Waals surface area contributed by atoms with Crippen LogP contribution >= 0.6 is 20.7 Å². The van der Waals surface area contributed by atoms with Crippen LogP contribution in [0.3, 0.4) is 0 Å². The maximum atomic E-state index is 11.8. The van der Waals surface area contributed by atoms with Gasteiger partial charge in [0.05, 0.1) is 16.7 Å². The normalized spacial score (nSPS) is 13.1. The van der Waals surface area contributed by atoms with Gasteiger partial charge in [0.2, 0.25) is 5.95 Å². The standard InChI is InChI=1S/C20H18IN5O/c1-2-22-20(27)26-19-24-17-11-14(13-6-5-8-21-12-13)10-15(18(17)25-19)16-7-3-4-9-23-16/h3-12H,2H2,1H3,(H3,22,24,25,26,27). The minimum atomic E-state index is -0.283. The fourth-order valence-electron chi connectivity index (χ4n) is 2.85. The number of nitrogens with one attached hydrogen (secondary N) is 3. The molecule has 4 rings (SSSR count). The van der Waals surface area contributed by atoms with Gasteiger partial charge in [0.25, 0.3) is 0 Å². The van der Waals surface area contributed by atoms with Crippen LogP contribution in [0.15, 0.2) is 52.8 Å². The first kappa shape index (κ1) is 17.6. The van der Waals surface area contributed by atoms with Gasteiger partial charge in [-0.25, -0.2) is 9.78 Å². The van der Waals surface area contributed by atoms with Crippen molar-refractivity contribution in [2.24, 2.45) is 0 Å². The van der Waals surface area contributed by atoms with Crippen LogP contribution in [0.25, 0.3) is 27.9 Å². The van der Waals surface area contributed by atoms with Crippen LogP contribution in [0.5, 0.6) is 0 Å². The minimum Gasteiger partial charge on any atom is -0.338 e. The fraction of sp³-hybridized carbons (Fsp3) is 0.100. The van der Waals surface area contributed by atoms with Crippen LogP contribution < -0.4 is 10.6 Å². The third-order valence-electron chi connectivity index (χ3n) is 4.03. The summed E-state index contributed by atoms with van der Waals surface area (Å²) in [5.74, 6) is 0.416. The molecule has 136 valence electrons. The Morgan fingerprint density at radius 2 is 2.22 bits per heavy atom. The molecular weight excluding hydrogens is 453 g/mol. The topological polar surface area (TPSA) is 82.7 Å². The summed E-state index contributed by atoms with van der Waals surface area (Å²) in [6.45, 7) is 2.42. The summed E-state index contributed by atoms with van der Waals surface area (Å²) in [4.78, 5) is 24.1. The Balaban J connectivity index is 1.85. The monoisotopic (exact) mass is 471 g/mol. The molecule has 3 heterocycles. The highest BCUT2D eigenvalue weighted by Crippen LogP contribution is 2.32. The molecule has 0 radical (unpaired) electrons. The third-order valence-corrected chi connectivity index (χ3v) is 5.89. The second-order valence-electron chi connectivity index (χ2n) is 5.88. The largest absolute Gasteiger partial charge is 0.338 e. The van der Waals surface area contributed by atoms with E-state index in [0.717, 1.165) is 27.9 Å². The van der Waals surface area contributed by atoms with Gasteiger partial charge in [0, 0.05) is 18.3 Å². The van der Waals surface area contributed by atoms with Gasteiger partial charge in [0.15, 0.2) is 0 Å². The Bertz CT molecular complexity index is 1080. The SMILES string of the molecule is CCNC(=O)Nc1nc2c(-c3ccccn3)cc(C3=CC=CI=C3)cc2[nH]1. The lowest BCUT2D eigenvalue weighted by Crippen LogP contribution is -2.28. The molecule has 0 fully saturated rings. The molecule has 2 amide bonds. The Morgan fingerprint density at radius 1 is 1.30 bits per heavy atom. The van der Waals surface area contributed by atoms with E-state index in [0.29, 0.717) is 12.5 Å². The number of pyridine rings is 1. The molecule has 0 spiro atoms. The number of carbonyl (C=O) groups excluding carboxylic acids is 1. The number of benzene rings is 1. The van der Waals surface area contributed by atoms with Crippen LogP contribution in [0.1, 0.15) is 12.5 Å². The molecule has 1 aliphatic rings. The Hall–Kier alpha value is -2.81. The number of aromatic amines is 1. The lowest BCUT2D eigenvalue weighted by molar-refractivity contribution is 0.252. The lowest BCUT2D eigenvalue weighted by atomic mass is 10.0. The maximum Gasteiger partial charge on any atom is 0.321 e. The molecule has 1 aliphatic heterocycles. The van der Waals surface area contributed by atoms with Gasteiger partial charge in [-0.15, -0.1) is 0 Å². The highest BCUT2D eigenvalue weighted by molar-refractivity contribution is 14.2. The summed E-state index contributed by atoms with van der Waals surface area (Å²) in [5, 5.41) is 5.45. The molecule has 0 saturated carbocycles. The van der Waals surface area contributed by atoms with E-state index in [9.17, 15) is 4.79 Å². The average molecular weight is 471 g/mol. The van der Waals surface area contributed by atoms with Crippen LogP contribution in [0, 0.1) is 0 Å². The third kappa shape index (κ3) is 3.82. The highest BCUT2D eigenvalue weighted by atomic mass is 127. The summed E-state index contributed by atoms with van der Waals surface area (Å²) in [6.07, 6.45) is 6.01. The summed E-state index contributed by atoms with van der Waals surface area (Å²) >= 11 is -0.0524. The number of carbonyl (C=O) groups is 1. The van der Waals surface area contributed by atoms with E-state index in [1.165, 1.54) is 5.57 Å². The van der Waals surface area contributed by atoms with Gasteiger partial charge in [-0.3, -0.25) is 10.3 Å². The summed E-state index contributed by atoms with van der Waals surface area (Å²) in [5.41, 5.74) is 5.75. The zero-order valence-electron chi connectivity index (χ0n) is 14.7. The van der Waals surface area contributed by atoms with Crippen molar-refractivity contribution >= 4 is 53.3 Å². The minimum absolute atomic E-state index is 0.0524. The molecule has 0 unspecified atom stereocenters. The van der Waals surface area contributed by atoms with Crippen molar-refractivity contribution in [3.63, 3.8) is 0 Å². The first-order chi connectivity index (χ1) is 13.2. The fourth-order valence-corrected chi connectivity index (χ4v) is 4.46. The number of nitrogens with zero attached hydrogens (tertiary/aromatic N) is 2. The van der Waals surface area contributed by atoms with E-state index >= 15 is 0 Å². The van der Waals surface area contributed by atoms with Crippen molar-refractivity contribution in [2.75, 3.05) is 11.9 Å². The molecule has 3 N–H and O–H groups in total. The lowest BCUT2D eigenvalue weighted by Gasteiger charge is -2.08. The maximum absolute atomic E-state index is 11.8. The van der Waals surface area contributed by atoms with Gasteiger partial charge in [-0.1, -0.05) is 38.9 Å². The number of imidazole rings is 1. The van der Waals surface area contributed by atoms with Crippen LogP contribution in [0.4, 0.5) is 10.7 Å². The van der Waals surface area contributed by atoms with Gasteiger partial charge in [-0.2, -0.15) is 0 Å². The van der Waals surface area contributed by atoms with E-state index in [1.54, 1.807) is 6.20 Å². The molecule has 1 aromatic carbocycles. The van der Waals surface area contributed by atoms with Gasteiger partial charge >= 0.3 is 6.03 Å². The van der Waals surface area contributed by atoms with Crippen molar-refractivity contribution in [1.82, 2.24) is 20.3 Å². The number of fused-ring (bicyclic) bond motifs is 1. The molecule has 2 aromatic heterocycles. The molecule has 6 nitrogen and oxygen atoms in total. The smallest absolute Gasteiger partial charge is 0.321 e. The number of H-pyrrole nitrogens is 1. The second-order valence-corrected chi connectivity index (χ2v) is 7.94. The number of anilines is 1. The molecule has 27 heavy (non-hydrogen) atoms. The molecule has 7 heteroatoms. The zero-order valence-corrected chi connectivity index (χ0v) is 16.8. The van der Waals surface area contributed by atoms with Crippen LogP contribution in [-0.2, 0) is 0 Å². The zero-order chi connectivity index (χ0) is 18.6. The van der Waals surface area contributed by atoms with Crippen molar-refractivity contribution in [2.45, 2.75) is 6.92 Å². The van der Waals surface area contributed by atoms with Crippen molar-refractivity contribution in [3.05, 3.63) is 58.3 Å². The summed E-state index contributed by atoms with van der Waals surface area (Å²) in [6, 6.07) is 9.73. The first-order valence-corrected chi connectivity index (χ1v) is 11.1. The Labute approximate surface area is 166 Å². The number of hydrogen-bond donors (Lipinski definition) is 3. The number of allylic oxidation sites excluding steroid dienone is 3. The number of halogens is 1.